The molecule has 0 saturated carbocycles. The van der Waals surface area contributed by atoms with Crippen molar-refractivity contribution >= 4 is 16.9 Å². The average Bonchev–Trinajstić information content (AvgIpc) is 2.96. The number of benzene rings is 2. The van der Waals surface area contributed by atoms with E-state index in [1.54, 1.807) is 6.07 Å². The highest BCUT2D eigenvalue weighted by Crippen LogP contribution is 2.26. The minimum Gasteiger partial charge on any atom is -0.422 e. The van der Waals surface area contributed by atoms with Gasteiger partial charge in [-0.3, -0.25) is 0 Å². The number of aromatic amines is 1. The predicted molar refractivity (Wildman–Crippen MR) is 88.4 cm³/mol. The van der Waals surface area contributed by atoms with Gasteiger partial charge >= 0.3 is 5.97 Å². The van der Waals surface area contributed by atoms with Crippen molar-refractivity contribution in [1.29, 1.82) is 0 Å². The number of nitrogens with one attached hydrogen (secondary N) is 1. The van der Waals surface area contributed by atoms with Gasteiger partial charge in [0, 0.05) is 17.1 Å². The number of H-pyrrole nitrogens is 1. The van der Waals surface area contributed by atoms with Crippen LogP contribution in [0.5, 0.6) is 5.75 Å². The molecular weight excluding hydrogens is 274 g/mol. The molecule has 0 spiro atoms. The zero-order chi connectivity index (χ0) is 15.7. The maximum Gasteiger partial charge on any atom is 0.343 e. The molecule has 0 fully saturated rings. The quantitative estimate of drug-likeness (QED) is 0.550. The van der Waals surface area contributed by atoms with Gasteiger partial charge in [0.2, 0.25) is 0 Å². The normalized spacial score (nSPS) is 11.6. The SMILES string of the molecule is CC(C)(C)c1ccc(C(=O)Oc2cccc3[nH]ccc23)cc1. The van der Waals surface area contributed by atoms with Gasteiger partial charge in [-0.15, -0.1) is 0 Å². The van der Waals surface area contributed by atoms with Crippen LogP contribution in [0.1, 0.15) is 36.7 Å². The average molecular weight is 293 g/mol. The van der Waals surface area contributed by atoms with Gasteiger partial charge in [0.15, 0.2) is 0 Å². The number of esters is 1. The molecule has 0 aliphatic rings. The third-order valence-corrected chi connectivity index (χ3v) is 3.74. The lowest BCUT2D eigenvalue weighted by Crippen LogP contribution is -2.13. The number of hydrogen-bond donors (Lipinski definition) is 1. The second-order valence-electron chi connectivity index (χ2n) is 6.41. The number of aromatic nitrogens is 1. The molecule has 3 aromatic rings. The molecule has 0 amide bonds. The van der Waals surface area contributed by atoms with Gasteiger partial charge in [0.05, 0.1) is 5.56 Å². The van der Waals surface area contributed by atoms with Crippen LogP contribution in [0, 0.1) is 0 Å². The van der Waals surface area contributed by atoms with Crippen molar-refractivity contribution in [2.45, 2.75) is 26.2 Å². The highest BCUT2D eigenvalue weighted by atomic mass is 16.5. The summed E-state index contributed by atoms with van der Waals surface area (Å²) < 4.78 is 5.54. The van der Waals surface area contributed by atoms with Crippen LogP contribution < -0.4 is 4.74 Å². The molecule has 0 aliphatic carbocycles. The van der Waals surface area contributed by atoms with E-state index in [1.165, 1.54) is 5.56 Å². The Kier molecular flexibility index (Phi) is 3.49. The van der Waals surface area contributed by atoms with E-state index in [9.17, 15) is 4.79 Å². The van der Waals surface area contributed by atoms with Gasteiger partial charge in [-0.1, -0.05) is 39.0 Å². The molecule has 0 bridgehead atoms. The molecule has 1 N–H and O–H groups in total. The molecule has 0 radical (unpaired) electrons. The summed E-state index contributed by atoms with van der Waals surface area (Å²) in [5.41, 5.74) is 2.77. The summed E-state index contributed by atoms with van der Waals surface area (Å²) in [4.78, 5) is 15.4. The molecule has 22 heavy (non-hydrogen) atoms. The Morgan fingerprint density at radius 3 is 2.41 bits per heavy atom. The molecule has 0 saturated heterocycles. The first-order chi connectivity index (χ1) is 10.4. The Labute approximate surface area is 129 Å². The summed E-state index contributed by atoms with van der Waals surface area (Å²) in [7, 11) is 0. The minimum atomic E-state index is -0.339. The summed E-state index contributed by atoms with van der Waals surface area (Å²) in [6.07, 6.45) is 1.83. The van der Waals surface area contributed by atoms with E-state index in [2.05, 4.69) is 25.8 Å². The van der Waals surface area contributed by atoms with Gasteiger partial charge in [-0.2, -0.15) is 0 Å². The number of hydrogen-bond acceptors (Lipinski definition) is 2. The highest BCUT2D eigenvalue weighted by Gasteiger charge is 2.15. The van der Waals surface area contributed by atoms with E-state index in [4.69, 9.17) is 4.74 Å². The summed E-state index contributed by atoms with van der Waals surface area (Å²) in [6.45, 7) is 6.44. The van der Waals surface area contributed by atoms with E-state index < -0.39 is 0 Å². The van der Waals surface area contributed by atoms with Gasteiger partial charge in [-0.25, -0.2) is 4.79 Å². The summed E-state index contributed by atoms with van der Waals surface area (Å²) in [6, 6.07) is 15.1. The fraction of sp³-hybridized carbons (Fsp3) is 0.211. The number of fused-ring (bicyclic) bond motifs is 1. The molecule has 0 aliphatic heterocycles. The summed E-state index contributed by atoms with van der Waals surface area (Å²) in [5, 5.41) is 0.905. The number of carbonyl (C=O) groups excluding carboxylic acids is 1. The van der Waals surface area contributed by atoms with Crippen LogP contribution >= 0.6 is 0 Å². The van der Waals surface area contributed by atoms with Crippen LogP contribution in [0.25, 0.3) is 10.9 Å². The maximum absolute atomic E-state index is 12.3. The smallest absolute Gasteiger partial charge is 0.343 e. The largest absolute Gasteiger partial charge is 0.422 e. The van der Waals surface area contributed by atoms with Crippen molar-refractivity contribution in [1.82, 2.24) is 4.98 Å². The molecule has 3 nitrogen and oxygen atoms in total. The van der Waals surface area contributed by atoms with Crippen LogP contribution in [0.3, 0.4) is 0 Å². The Hall–Kier alpha value is -2.55. The van der Waals surface area contributed by atoms with Crippen LogP contribution in [0.15, 0.2) is 54.7 Å². The lowest BCUT2D eigenvalue weighted by atomic mass is 9.87. The van der Waals surface area contributed by atoms with Gasteiger partial charge < -0.3 is 9.72 Å². The second kappa shape index (κ2) is 5.34. The third-order valence-electron chi connectivity index (χ3n) is 3.74. The number of carbonyl (C=O) groups is 1. The molecule has 2 aromatic carbocycles. The lowest BCUT2D eigenvalue weighted by Gasteiger charge is -2.18. The van der Waals surface area contributed by atoms with E-state index in [1.807, 2.05) is 48.7 Å². The van der Waals surface area contributed by atoms with E-state index >= 15 is 0 Å². The maximum atomic E-state index is 12.3. The van der Waals surface area contributed by atoms with Crippen LogP contribution in [-0.4, -0.2) is 11.0 Å². The molecule has 3 heteroatoms. The van der Waals surface area contributed by atoms with Gasteiger partial charge in [-0.05, 0) is 41.3 Å². The van der Waals surface area contributed by atoms with Crippen LogP contribution in [0.4, 0.5) is 0 Å². The van der Waals surface area contributed by atoms with Crippen molar-refractivity contribution in [2.24, 2.45) is 0 Å². The monoisotopic (exact) mass is 293 g/mol. The fourth-order valence-corrected chi connectivity index (χ4v) is 2.41. The summed E-state index contributed by atoms with van der Waals surface area (Å²) in [5.74, 6) is 0.234. The Bertz CT molecular complexity index is 807. The first-order valence-electron chi connectivity index (χ1n) is 7.34. The molecule has 112 valence electrons. The predicted octanol–water partition coefficient (Wildman–Crippen LogP) is 4.68. The Morgan fingerprint density at radius 1 is 1.00 bits per heavy atom. The standard InChI is InChI=1S/C19H19NO2/c1-19(2,3)14-9-7-13(8-10-14)18(21)22-17-6-4-5-16-15(17)11-12-20-16/h4-12,20H,1-3H3. The lowest BCUT2D eigenvalue weighted by molar-refractivity contribution is 0.0737. The van der Waals surface area contributed by atoms with Crippen molar-refractivity contribution in [3.05, 3.63) is 65.9 Å². The Balaban J connectivity index is 1.84. The molecule has 0 unspecified atom stereocenters. The molecule has 0 atom stereocenters. The first-order valence-corrected chi connectivity index (χ1v) is 7.34. The zero-order valence-electron chi connectivity index (χ0n) is 13.0. The molecule has 1 heterocycles. The van der Waals surface area contributed by atoms with Crippen LogP contribution in [-0.2, 0) is 5.41 Å². The first kappa shape index (κ1) is 14.4. The number of ether oxygens (including phenoxy) is 1. The van der Waals surface area contributed by atoms with Crippen molar-refractivity contribution in [3.63, 3.8) is 0 Å². The number of rotatable bonds is 2. The van der Waals surface area contributed by atoms with Crippen molar-refractivity contribution < 1.29 is 9.53 Å². The summed E-state index contributed by atoms with van der Waals surface area (Å²) >= 11 is 0. The third kappa shape index (κ3) is 2.75. The molecular formula is C19H19NO2. The Morgan fingerprint density at radius 2 is 1.73 bits per heavy atom. The van der Waals surface area contributed by atoms with E-state index in [0.717, 1.165) is 10.9 Å². The topological polar surface area (TPSA) is 42.1 Å². The van der Waals surface area contributed by atoms with Gasteiger partial charge in [0.1, 0.15) is 5.75 Å². The zero-order valence-corrected chi connectivity index (χ0v) is 13.0. The highest BCUT2D eigenvalue weighted by molar-refractivity contribution is 5.94. The minimum absolute atomic E-state index is 0.0686. The molecule has 1 aromatic heterocycles. The van der Waals surface area contributed by atoms with E-state index in [-0.39, 0.29) is 11.4 Å². The molecule has 3 rings (SSSR count). The van der Waals surface area contributed by atoms with Gasteiger partial charge in [0.25, 0.3) is 0 Å². The second-order valence-corrected chi connectivity index (χ2v) is 6.41. The van der Waals surface area contributed by atoms with Crippen molar-refractivity contribution in [3.8, 4) is 5.75 Å². The fourth-order valence-electron chi connectivity index (χ4n) is 2.41. The van der Waals surface area contributed by atoms with E-state index in [0.29, 0.717) is 11.3 Å². The van der Waals surface area contributed by atoms with Crippen LogP contribution in [0.2, 0.25) is 0 Å². The van der Waals surface area contributed by atoms with Crippen molar-refractivity contribution in [2.75, 3.05) is 0 Å².